The molecule has 6 nitrogen and oxygen atoms in total. The predicted octanol–water partition coefficient (Wildman–Crippen LogP) is 2.97. The summed E-state index contributed by atoms with van der Waals surface area (Å²) in [7, 11) is 0. The van der Waals surface area contributed by atoms with Gasteiger partial charge >= 0.3 is 0 Å². The highest BCUT2D eigenvalue weighted by atomic mass is 35.5. The van der Waals surface area contributed by atoms with Gasteiger partial charge in [0.2, 0.25) is 5.91 Å². The molecule has 0 unspecified atom stereocenters. The number of thioether (sulfide) groups is 1. The van der Waals surface area contributed by atoms with Gasteiger partial charge < -0.3 is 14.8 Å². The zero-order valence-electron chi connectivity index (χ0n) is 15.0. The van der Waals surface area contributed by atoms with E-state index in [1.807, 2.05) is 16.7 Å². The molecule has 2 aromatic rings. The van der Waals surface area contributed by atoms with E-state index in [0.717, 1.165) is 36.1 Å². The van der Waals surface area contributed by atoms with E-state index < -0.39 is 0 Å². The van der Waals surface area contributed by atoms with Crippen LogP contribution in [0.4, 0.5) is 5.82 Å². The van der Waals surface area contributed by atoms with Crippen molar-refractivity contribution in [1.82, 2.24) is 14.5 Å². The zero-order valence-corrected chi connectivity index (χ0v) is 17.4. The fourth-order valence-corrected chi connectivity index (χ4v) is 5.07. The number of nitrogens with one attached hydrogen (secondary N) is 1. The molecule has 2 bridgehead atoms. The molecular formula is C19H19ClN4O2S2. The molecule has 1 saturated heterocycles. The summed E-state index contributed by atoms with van der Waals surface area (Å²) >= 11 is 12.8. The molecule has 4 rings (SSSR count). The Morgan fingerprint density at radius 1 is 1.25 bits per heavy atom. The molecule has 146 valence electrons. The average Bonchev–Trinajstić information content (AvgIpc) is 2.67. The third-order valence-electron chi connectivity index (χ3n) is 5.05. The maximum Gasteiger partial charge on any atom is 0.250 e. The number of carbonyl (C=O) groups excluding carboxylic acids is 1. The van der Waals surface area contributed by atoms with Crippen molar-refractivity contribution in [1.29, 1.82) is 0 Å². The van der Waals surface area contributed by atoms with E-state index in [-0.39, 0.29) is 17.2 Å². The van der Waals surface area contributed by atoms with Crippen molar-refractivity contribution >= 4 is 51.6 Å². The van der Waals surface area contributed by atoms with Crippen molar-refractivity contribution in [2.75, 3.05) is 24.2 Å². The molecule has 2 aliphatic rings. The summed E-state index contributed by atoms with van der Waals surface area (Å²) in [6.07, 6.45) is 1.08. The lowest BCUT2D eigenvalue weighted by atomic mass is 9.83. The highest BCUT2D eigenvalue weighted by molar-refractivity contribution is 8.23. The van der Waals surface area contributed by atoms with Crippen LogP contribution in [0.1, 0.15) is 18.0 Å². The van der Waals surface area contributed by atoms with Crippen molar-refractivity contribution in [3.63, 3.8) is 0 Å². The molecule has 0 spiro atoms. The molecule has 28 heavy (non-hydrogen) atoms. The molecular weight excluding hydrogens is 416 g/mol. The van der Waals surface area contributed by atoms with Crippen molar-refractivity contribution in [2.45, 2.75) is 18.9 Å². The Balaban J connectivity index is 1.35. The molecule has 1 amide bonds. The summed E-state index contributed by atoms with van der Waals surface area (Å²) in [5.74, 6) is 1.17. The molecule has 2 atom stereocenters. The minimum atomic E-state index is -0.170. The van der Waals surface area contributed by atoms with Crippen molar-refractivity contribution in [3.8, 4) is 0 Å². The topological polar surface area (TPSA) is 67.2 Å². The predicted molar refractivity (Wildman–Crippen MR) is 116 cm³/mol. The first-order valence-electron chi connectivity index (χ1n) is 9.03. The van der Waals surface area contributed by atoms with E-state index in [1.54, 1.807) is 24.3 Å². The minimum Gasteiger partial charge on any atom is -0.356 e. The molecule has 2 aliphatic heterocycles. The second kappa shape index (κ2) is 8.23. The van der Waals surface area contributed by atoms with E-state index in [9.17, 15) is 9.59 Å². The molecule has 9 heteroatoms. The molecule has 2 aromatic heterocycles. The highest BCUT2D eigenvalue weighted by Gasteiger charge is 2.35. The number of thiocarbonyl (C=S) groups is 1. The first kappa shape index (κ1) is 19.4. The van der Waals surface area contributed by atoms with Gasteiger partial charge in [0.25, 0.3) is 5.56 Å². The average molecular weight is 435 g/mol. The lowest BCUT2D eigenvalue weighted by Crippen LogP contribution is -2.48. The number of fused-ring (bicyclic) bond motifs is 4. The van der Waals surface area contributed by atoms with E-state index >= 15 is 0 Å². The number of halogens is 1. The van der Waals surface area contributed by atoms with Gasteiger partial charge in [0.05, 0.1) is 5.75 Å². The third kappa shape index (κ3) is 4.24. The molecule has 0 aromatic carbocycles. The number of amides is 1. The standard InChI is InChI=1S/C19H19ClN4O2S2/c20-15-4-2-5-16(21-15)22-17(25)11-28-19(27)23-8-12-7-13(10-23)14-3-1-6-18(26)24(14)9-12/h1-6,12-13H,7-11H2,(H,21,22,25)/t12-,13-/m0/s1. The highest BCUT2D eigenvalue weighted by Crippen LogP contribution is 2.36. The van der Waals surface area contributed by atoms with Gasteiger partial charge in [0.15, 0.2) is 0 Å². The van der Waals surface area contributed by atoms with Crippen LogP contribution in [0.2, 0.25) is 5.15 Å². The Morgan fingerprint density at radius 2 is 2.07 bits per heavy atom. The number of anilines is 1. The van der Waals surface area contributed by atoms with Crippen LogP contribution in [0.15, 0.2) is 41.2 Å². The number of aromatic nitrogens is 2. The number of hydrogen-bond acceptors (Lipinski definition) is 5. The number of carbonyl (C=O) groups is 1. The summed E-state index contributed by atoms with van der Waals surface area (Å²) in [4.78, 5) is 30.5. The summed E-state index contributed by atoms with van der Waals surface area (Å²) < 4.78 is 2.62. The maximum atomic E-state index is 12.2. The fourth-order valence-electron chi connectivity index (χ4n) is 3.92. The summed E-state index contributed by atoms with van der Waals surface area (Å²) in [5.41, 5.74) is 1.16. The van der Waals surface area contributed by atoms with Gasteiger partial charge in [-0.05, 0) is 30.5 Å². The first-order chi connectivity index (χ1) is 13.5. The smallest absolute Gasteiger partial charge is 0.250 e. The quantitative estimate of drug-likeness (QED) is 0.591. The summed E-state index contributed by atoms with van der Waals surface area (Å²) in [6, 6.07) is 10.6. The third-order valence-corrected chi connectivity index (χ3v) is 6.78. The lowest BCUT2D eigenvalue weighted by Gasteiger charge is -2.43. The van der Waals surface area contributed by atoms with Crippen molar-refractivity contribution in [3.05, 3.63) is 57.6 Å². The van der Waals surface area contributed by atoms with E-state index in [4.69, 9.17) is 23.8 Å². The lowest BCUT2D eigenvalue weighted by molar-refractivity contribution is -0.113. The fraction of sp³-hybridized carbons (Fsp3) is 0.368. The van der Waals surface area contributed by atoms with Gasteiger partial charge in [-0.1, -0.05) is 47.7 Å². The SMILES string of the molecule is O=C(CSC(=S)N1C[C@@H]2C[C@@H](C1)c1cccc(=O)n1C2)Nc1cccc(Cl)n1. The molecule has 0 aliphatic carbocycles. The normalized spacial score (nSPS) is 20.4. The number of hydrogen-bond donors (Lipinski definition) is 1. The van der Waals surface area contributed by atoms with Gasteiger partial charge in [0, 0.05) is 37.3 Å². The minimum absolute atomic E-state index is 0.0731. The van der Waals surface area contributed by atoms with Gasteiger partial charge in [-0.25, -0.2) is 4.98 Å². The van der Waals surface area contributed by atoms with E-state index in [2.05, 4.69) is 15.2 Å². The van der Waals surface area contributed by atoms with Crippen molar-refractivity contribution < 1.29 is 4.79 Å². The molecule has 0 saturated carbocycles. The Labute approximate surface area is 177 Å². The van der Waals surface area contributed by atoms with Crippen LogP contribution in [-0.4, -0.2) is 43.5 Å². The van der Waals surface area contributed by atoms with Crippen LogP contribution in [0.5, 0.6) is 0 Å². The number of nitrogens with zero attached hydrogens (tertiary/aromatic N) is 3. The maximum absolute atomic E-state index is 12.2. The monoisotopic (exact) mass is 434 g/mol. The van der Waals surface area contributed by atoms with Crippen molar-refractivity contribution in [2.24, 2.45) is 5.92 Å². The van der Waals surface area contributed by atoms with Gasteiger partial charge in [-0.3, -0.25) is 9.59 Å². The summed E-state index contributed by atoms with van der Waals surface area (Å²) in [5, 5.41) is 3.06. The van der Waals surface area contributed by atoms with Crippen LogP contribution in [-0.2, 0) is 11.3 Å². The zero-order chi connectivity index (χ0) is 19.7. The van der Waals surface area contributed by atoms with E-state index in [1.165, 1.54) is 11.8 Å². The Morgan fingerprint density at radius 3 is 2.89 bits per heavy atom. The van der Waals surface area contributed by atoms with Crippen LogP contribution in [0.25, 0.3) is 0 Å². The van der Waals surface area contributed by atoms with Crippen LogP contribution < -0.4 is 10.9 Å². The molecule has 1 fully saturated rings. The first-order valence-corrected chi connectivity index (χ1v) is 10.8. The number of piperidine rings is 1. The molecule has 1 N–H and O–H groups in total. The Bertz CT molecular complexity index is 980. The van der Waals surface area contributed by atoms with Gasteiger partial charge in [-0.15, -0.1) is 0 Å². The van der Waals surface area contributed by atoms with Gasteiger partial charge in [-0.2, -0.15) is 0 Å². The Kier molecular flexibility index (Phi) is 5.70. The van der Waals surface area contributed by atoms with Crippen LogP contribution in [0.3, 0.4) is 0 Å². The molecule has 4 heterocycles. The van der Waals surface area contributed by atoms with Gasteiger partial charge in [0.1, 0.15) is 15.3 Å². The van der Waals surface area contributed by atoms with Crippen LogP contribution >= 0.6 is 35.6 Å². The van der Waals surface area contributed by atoms with E-state index in [0.29, 0.717) is 22.8 Å². The number of rotatable bonds is 3. The second-order valence-corrected chi connectivity index (χ2v) is 9.05. The number of likely N-dealkylation sites (tertiary alicyclic amines) is 1. The largest absolute Gasteiger partial charge is 0.356 e. The number of pyridine rings is 2. The molecule has 0 radical (unpaired) electrons. The van der Waals surface area contributed by atoms with Crippen LogP contribution in [0, 0.1) is 5.92 Å². The second-order valence-electron chi connectivity index (χ2n) is 7.05. The Hall–Kier alpha value is -1.90. The summed E-state index contributed by atoms with van der Waals surface area (Å²) in [6.45, 7) is 2.33.